The molecule has 20 heavy (non-hydrogen) atoms. The summed E-state index contributed by atoms with van der Waals surface area (Å²) in [5, 5.41) is 4.19. The molecule has 1 unspecified atom stereocenters. The highest BCUT2D eigenvalue weighted by Crippen LogP contribution is 2.19. The van der Waals surface area contributed by atoms with E-state index in [0.29, 0.717) is 6.54 Å². The third-order valence-electron chi connectivity index (χ3n) is 3.10. The Morgan fingerprint density at radius 1 is 1.35 bits per heavy atom. The Morgan fingerprint density at radius 2 is 2.05 bits per heavy atom. The van der Waals surface area contributed by atoms with E-state index in [-0.39, 0.29) is 5.97 Å². The number of esters is 1. The fourth-order valence-corrected chi connectivity index (χ4v) is 2.79. The molecule has 1 atom stereocenters. The van der Waals surface area contributed by atoms with Gasteiger partial charge in [0.1, 0.15) is 11.0 Å². The van der Waals surface area contributed by atoms with Crippen LogP contribution in [0.3, 0.4) is 0 Å². The number of nitrogens with zero attached hydrogens (tertiary/aromatic N) is 1. The van der Waals surface area contributed by atoms with E-state index >= 15 is 0 Å². The monoisotopic (exact) mass is 290 g/mol. The molecule has 106 valence electrons. The van der Waals surface area contributed by atoms with Crippen molar-refractivity contribution in [2.75, 3.05) is 7.11 Å². The van der Waals surface area contributed by atoms with Crippen molar-refractivity contribution in [3.8, 4) is 0 Å². The van der Waals surface area contributed by atoms with Crippen molar-refractivity contribution in [2.45, 2.75) is 26.4 Å². The number of nitrogens with one attached hydrogen (secondary N) is 1. The van der Waals surface area contributed by atoms with Gasteiger partial charge in [-0.15, -0.1) is 11.3 Å². The van der Waals surface area contributed by atoms with Crippen LogP contribution in [0.15, 0.2) is 30.3 Å². The van der Waals surface area contributed by atoms with Gasteiger partial charge < -0.3 is 4.74 Å². The van der Waals surface area contributed by atoms with Crippen LogP contribution in [-0.4, -0.2) is 18.1 Å². The lowest BCUT2D eigenvalue weighted by molar-refractivity contribution is -0.143. The third kappa shape index (κ3) is 3.43. The molecule has 0 amide bonds. The number of carbonyl (C=O) groups is 1. The normalized spacial score (nSPS) is 12.2. The maximum Gasteiger partial charge on any atom is 0.327 e. The lowest BCUT2D eigenvalue weighted by atomic mass is 10.1. The molecule has 5 heteroatoms. The van der Waals surface area contributed by atoms with E-state index in [9.17, 15) is 4.79 Å². The lowest BCUT2D eigenvalue weighted by Gasteiger charge is -2.16. The van der Waals surface area contributed by atoms with Crippen molar-refractivity contribution < 1.29 is 9.53 Å². The Morgan fingerprint density at radius 3 is 2.60 bits per heavy atom. The summed E-state index contributed by atoms with van der Waals surface area (Å²) in [7, 11) is 1.40. The highest BCUT2D eigenvalue weighted by Gasteiger charge is 2.21. The molecule has 0 radical (unpaired) electrons. The minimum absolute atomic E-state index is 0.291. The number of aromatic nitrogens is 1. The summed E-state index contributed by atoms with van der Waals surface area (Å²) in [4.78, 5) is 17.6. The zero-order chi connectivity index (χ0) is 14.5. The molecule has 2 aromatic rings. The second-order valence-electron chi connectivity index (χ2n) is 4.50. The Bertz CT molecular complexity index is 561. The third-order valence-corrected chi connectivity index (χ3v) is 4.17. The molecule has 0 fully saturated rings. The number of ether oxygens (including phenoxy) is 1. The number of methoxy groups -OCH3 is 1. The topological polar surface area (TPSA) is 51.2 Å². The molecule has 4 nitrogen and oxygen atoms in total. The van der Waals surface area contributed by atoms with Crippen molar-refractivity contribution in [2.24, 2.45) is 0 Å². The van der Waals surface area contributed by atoms with Gasteiger partial charge in [-0.05, 0) is 19.4 Å². The van der Waals surface area contributed by atoms with Crippen molar-refractivity contribution in [1.82, 2.24) is 10.3 Å². The van der Waals surface area contributed by atoms with Crippen molar-refractivity contribution in [1.29, 1.82) is 0 Å². The first-order valence-electron chi connectivity index (χ1n) is 6.41. The van der Waals surface area contributed by atoms with Gasteiger partial charge in [0.05, 0.1) is 12.8 Å². The van der Waals surface area contributed by atoms with E-state index < -0.39 is 6.04 Å². The van der Waals surface area contributed by atoms with Crippen LogP contribution in [0.4, 0.5) is 0 Å². The number of carbonyl (C=O) groups excluding carboxylic acids is 1. The predicted octanol–water partition coefficient (Wildman–Crippen LogP) is 2.76. The molecular weight excluding hydrogens is 272 g/mol. The molecule has 0 aliphatic carbocycles. The summed E-state index contributed by atoms with van der Waals surface area (Å²) in [6.07, 6.45) is 0. The number of benzene rings is 1. The van der Waals surface area contributed by atoms with Gasteiger partial charge in [0.25, 0.3) is 0 Å². The van der Waals surface area contributed by atoms with Crippen molar-refractivity contribution in [3.63, 3.8) is 0 Å². The number of aryl methyl sites for hydroxylation is 2. The minimum Gasteiger partial charge on any atom is -0.468 e. The van der Waals surface area contributed by atoms with Gasteiger partial charge in [-0.2, -0.15) is 0 Å². The fraction of sp³-hybridized carbons (Fsp3) is 0.333. The quantitative estimate of drug-likeness (QED) is 0.860. The fourth-order valence-electron chi connectivity index (χ4n) is 1.90. The van der Waals surface area contributed by atoms with E-state index in [1.807, 2.05) is 44.2 Å². The van der Waals surface area contributed by atoms with E-state index in [2.05, 4.69) is 10.3 Å². The summed E-state index contributed by atoms with van der Waals surface area (Å²) < 4.78 is 4.87. The minimum atomic E-state index is -0.467. The average molecular weight is 290 g/mol. The van der Waals surface area contributed by atoms with Gasteiger partial charge in [-0.3, -0.25) is 5.32 Å². The molecule has 0 saturated carbocycles. The highest BCUT2D eigenvalue weighted by molar-refractivity contribution is 7.11. The summed E-state index contributed by atoms with van der Waals surface area (Å²) >= 11 is 1.65. The largest absolute Gasteiger partial charge is 0.468 e. The summed E-state index contributed by atoms with van der Waals surface area (Å²) in [5.74, 6) is -0.291. The first kappa shape index (κ1) is 14.7. The predicted molar refractivity (Wildman–Crippen MR) is 79.6 cm³/mol. The highest BCUT2D eigenvalue weighted by atomic mass is 32.1. The summed E-state index contributed by atoms with van der Waals surface area (Å²) in [6.45, 7) is 4.59. The molecule has 0 aliphatic heterocycles. The van der Waals surface area contributed by atoms with Crippen LogP contribution in [0.1, 0.15) is 27.2 Å². The number of rotatable bonds is 5. The molecule has 1 aromatic heterocycles. The first-order valence-corrected chi connectivity index (χ1v) is 7.22. The average Bonchev–Trinajstić information content (AvgIpc) is 2.78. The molecule has 0 spiro atoms. The van der Waals surface area contributed by atoms with Crippen LogP contribution in [0.5, 0.6) is 0 Å². The van der Waals surface area contributed by atoms with E-state index in [1.54, 1.807) is 11.3 Å². The second-order valence-corrected chi connectivity index (χ2v) is 5.78. The molecular formula is C15H18N2O2S. The van der Waals surface area contributed by atoms with Crippen molar-refractivity contribution in [3.05, 3.63) is 51.5 Å². The zero-order valence-electron chi connectivity index (χ0n) is 11.8. The molecule has 1 N–H and O–H groups in total. The maximum atomic E-state index is 11.9. The van der Waals surface area contributed by atoms with Gasteiger partial charge in [-0.25, -0.2) is 9.78 Å². The van der Waals surface area contributed by atoms with Gasteiger partial charge >= 0.3 is 5.97 Å². The van der Waals surface area contributed by atoms with E-state index in [0.717, 1.165) is 16.3 Å². The van der Waals surface area contributed by atoms with Gasteiger partial charge in [-0.1, -0.05) is 30.3 Å². The van der Waals surface area contributed by atoms with Crippen LogP contribution in [-0.2, 0) is 16.1 Å². The number of thiazole rings is 1. The van der Waals surface area contributed by atoms with Crippen LogP contribution in [0.25, 0.3) is 0 Å². The maximum absolute atomic E-state index is 11.9. The molecule has 0 bridgehead atoms. The number of hydrogen-bond donors (Lipinski definition) is 1. The molecule has 1 aromatic carbocycles. The molecule has 0 saturated heterocycles. The van der Waals surface area contributed by atoms with Crippen molar-refractivity contribution >= 4 is 17.3 Å². The van der Waals surface area contributed by atoms with Gasteiger partial charge in [0.15, 0.2) is 0 Å². The van der Waals surface area contributed by atoms with Gasteiger partial charge in [0, 0.05) is 11.4 Å². The smallest absolute Gasteiger partial charge is 0.327 e. The SMILES string of the molecule is COC(=O)C(NCc1nc(C)c(C)s1)c1ccccc1. The van der Waals surface area contributed by atoms with Crippen LogP contribution < -0.4 is 5.32 Å². The van der Waals surface area contributed by atoms with Gasteiger partial charge in [0.2, 0.25) is 0 Å². The molecule has 2 rings (SSSR count). The lowest BCUT2D eigenvalue weighted by Crippen LogP contribution is -2.29. The Balaban J connectivity index is 2.11. The molecule has 1 heterocycles. The Labute approximate surface area is 122 Å². The van der Waals surface area contributed by atoms with Crippen LogP contribution in [0.2, 0.25) is 0 Å². The van der Waals surface area contributed by atoms with E-state index in [4.69, 9.17) is 4.74 Å². The summed E-state index contributed by atoms with van der Waals surface area (Å²) in [6, 6.07) is 9.09. The van der Waals surface area contributed by atoms with Crippen LogP contribution >= 0.6 is 11.3 Å². The van der Waals surface area contributed by atoms with Crippen LogP contribution in [0, 0.1) is 13.8 Å². The summed E-state index contributed by atoms with van der Waals surface area (Å²) in [5.41, 5.74) is 1.94. The Kier molecular flexibility index (Phi) is 4.87. The molecule has 0 aliphatic rings. The standard InChI is InChI=1S/C15H18N2O2S/c1-10-11(2)20-13(17-10)9-16-14(15(18)19-3)12-7-5-4-6-8-12/h4-8,14,16H,9H2,1-3H3. The first-order chi connectivity index (χ1) is 9.61. The van der Waals surface area contributed by atoms with E-state index in [1.165, 1.54) is 12.0 Å². The second kappa shape index (κ2) is 6.63. The Hall–Kier alpha value is -1.72. The zero-order valence-corrected chi connectivity index (χ0v) is 12.7. The number of hydrogen-bond acceptors (Lipinski definition) is 5.